The third-order valence-electron chi connectivity index (χ3n) is 5.16. The number of unbranched alkanes of at least 4 members (excludes halogenated alkanes) is 1. The highest BCUT2D eigenvalue weighted by atomic mass is 79.9. The molecule has 0 unspecified atom stereocenters. The molecule has 0 N–H and O–H groups in total. The van der Waals surface area contributed by atoms with E-state index >= 15 is 0 Å². The van der Waals surface area contributed by atoms with Gasteiger partial charge < -0.3 is 0 Å². The lowest BCUT2D eigenvalue weighted by molar-refractivity contribution is 0.0982. The number of thioether (sulfide) groups is 1. The van der Waals surface area contributed by atoms with Crippen LogP contribution >= 0.6 is 27.7 Å². The molecule has 2 heterocycles. The van der Waals surface area contributed by atoms with Crippen molar-refractivity contribution in [3.05, 3.63) is 68.9 Å². The minimum atomic E-state index is -0.0272. The van der Waals surface area contributed by atoms with Crippen molar-refractivity contribution in [2.45, 2.75) is 44.3 Å². The normalized spacial score (nSPS) is 11.4. The number of aromatic nitrogens is 4. The summed E-state index contributed by atoms with van der Waals surface area (Å²) in [5, 5.41) is 10.1. The number of benzene rings is 2. The van der Waals surface area contributed by atoms with Crippen LogP contribution < -0.4 is 5.56 Å². The first-order valence-corrected chi connectivity index (χ1v) is 12.2. The van der Waals surface area contributed by atoms with Crippen LogP contribution in [-0.4, -0.2) is 30.7 Å². The van der Waals surface area contributed by atoms with Crippen molar-refractivity contribution in [3.8, 4) is 0 Å². The Hall–Kier alpha value is -2.45. The van der Waals surface area contributed by atoms with E-state index in [9.17, 15) is 9.59 Å². The number of hydrogen-bond acceptors (Lipinski definition) is 5. The van der Waals surface area contributed by atoms with E-state index in [1.54, 1.807) is 16.3 Å². The Morgan fingerprint density at radius 3 is 2.61 bits per heavy atom. The van der Waals surface area contributed by atoms with Crippen molar-refractivity contribution in [2.24, 2.45) is 0 Å². The average Bonchev–Trinajstić information content (AvgIpc) is 3.21. The van der Waals surface area contributed by atoms with Crippen LogP contribution in [0.1, 0.15) is 43.0 Å². The largest absolute Gasteiger partial charge is 0.294 e. The molecule has 8 heteroatoms. The third kappa shape index (κ3) is 4.60. The molecular weight excluding hydrogens is 476 g/mol. The molecule has 0 spiro atoms. The summed E-state index contributed by atoms with van der Waals surface area (Å²) in [7, 11) is 0. The lowest BCUT2D eigenvalue weighted by Gasteiger charge is -2.10. The Balaban J connectivity index is 1.54. The topological polar surface area (TPSA) is 69.3 Å². The highest BCUT2D eigenvalue weighted by Crippen LogP contribution is 2.23. The molecule has 0 aliphatic heterocycles. The molecule has 6 nitrogen and oxygen atoms in total. The highest BCUT2D eigenvalue weighted by molar-refractivity contribution is 9.10. The van der Waals surface area contributed by atoms with Gasteiger partial charge in [-0.25, -0.2) is 0 Å². The Bertz CT molecular complexity index is 1280. The molecule has 2 aromatic heterocycles. The first-order valence-electron chi connectivity index (χ1n) is 10.4. The number of aryl methyl sites for hydroxylation is 1. The zero-order chi connectivity index (χ0) is 21.8. The van der Waals surface area contributed by atoms with Gasteiger partial charge in [0.1, 0.15) is 0 Å². The van der Waals surface area contributed by atoms with Crippen LogP contribution in [0, 0.1) is 0 Å². The van der Waals surface area contributed by atoms with Crippen molar-refractivity contribution in [1.82, 2.24) is 19.2 Å². The third-order valence-corrected chi connectivity index (χ3v) is 6.70. The SMILES string of the molecule is CCCCn1c(=O)c2ccccc2n2c(SCCCC(=O)c3ccc(Br)cc3)nnc12. The molecule has 0 bridgehead atoms. The minimum absolute atomic E-state index is 0.0272. The van der Waals surface area contributed by atoms with E-state index in [0.717, 1.165) is 45.7 Å². The first kappa shape index (κ1) is 21.8. The van der Waals surface area contributed by atoms with E-state index in [1.165, 1.54) is 0 Å². The van der Waals surface area contributed by atoms with Gasteiger partial charge in [-0.2, -0.15) is 0 Å². The molecule has 0 amide bonds. The van der Waals surface area contributed by atoms with Crippen molar-refractivity contribution >= 4 is 50.2 Å². The van der Waals surface area contributed by atoms with E-state index in [-0.39, 0.29) is 11.3 Å². The van der Waals surface area contributed by atoms with Crippen LogP contribution in [0.15, 0.2) is 63.0 Å². The molecule has 0 radical (unpaired) electrons. The van der Waals surface area contributed by atoms with Gasteiger partial charge in [-0.05, 0) is 37.1 Å². The molecule has 0 saturated heterocycles. The van der Waals surface area contributed by atoms with E-state index in [1.807, 2.05) is 52.9 Å². The number of Topliss-reactive ketones (excluding diaryl/α,β-unsaturated/α-hetero) is 1. The zero-order valence-corrected chi connectivity index (χ0v) is 19.7. The number of hydrogen-bond donors (Lipinski definition) is 0. The molecule has 0 fully saturated rings. The van der Waals surface area contributed by atoms with E-state index in [2.05, 4.69) is 33.1 Å². The maximum atomic E-state index is 13.0. The maximum absolute atomic E-state index is 13.0. The Morgan fingerprint density at radius 1 is 1.06 bits per heavy atom. The minimum Gasteiger partial charge on any atom is -0.294 e. The number of halogens is 1. The Morgan fingerprint density at radius 2 is 1.84 bits per heavy atom. The fourth-order valence-electron chi connectivity index (χ4n) is 3.52. The van der Waals surface area contributed by atoms with Gasteiger partial charge in [0, 0.05) is 28.8 Å². The van der Waals surface area contributed by atoms with Gasteiger partial charge in [-0.3, -0.25) is 18.6 Å². The summed E-state index contributed by atoms with van der Waals surface area (Å²) < 4.78 is 4.65. The number of carbonyl (C=O) groups is 1. The fourth-order valence-corrected chi connectivity index (χ4v) is 4.66. The summed E-state index contributed by atoms with van der Waals surface area (Å²) >= 11 is 4.95. The summed E-state index contributed by atoms with van der Waals surface area (Å²) in [5.41, 5.74) is 1.52. The van der Waals surface area contributed by atoms with Crippen LogP contribution in [0.5, 0.6) is 0 Å². The van der Waals surface area contributed by atoms with Crippen LogP contribution in [0.2, 0.25) is 0 Å². The second-order valence-electron chi connectivity index (χ2n) is 7.33. The maximum Gasteiger partial charge on any atom is 0.262 e. The summed E-state index contributed by atoms with van der Waals surface area (Å²) in [6.45, 7) is 2.72. The van der Waals surface area contributed by atoms with Gasteiger partial charge in [0.2, 0.25) is 5.78 Å². The second kappa shape index (κ2) is 9.78. The van der Waals surface area contributed by atoms with E-state index in [4.69, 9.17) is 0 Å². The van der Waals surface area contributed by atoms with Gasteiger partial charge in [0.25, 0.3) is 5.56 Å². The van der Waals surface area contributed by atoms with E-state index in [0.29, 0.717) is 24.1 Å². The summed E-state index contributed by atoms with van der Waals surface area (Å²) in [4.78, 5) is 25.4. The van der Waals surface area contributed by atoms with Crippen molar-refractivity contribution in [1.29, 1.82) is 0 Å². The fraction of sp³-hybridized carbons (Fsp3) is 0.304. The zero-order valence-electron chi connectivity index (χ0n) is 17.3. The Labute approximate surface area is 192 Å². The van der Waals surface area contributed by atoms with Gasteiger partial charge in [-0.1, -0.05) is 65.3 Å². The van der Waals surface area contributed by atoms with Gasteiger partial charge in [0.05, 0.1) is 10.9 Å². The number of para-hydroxylation sites is 1. The predicted octanol–water partition coefficient (Wildman–Crippen LogP) is 5.36. The van der Waals surface area contributed by atoms with Crippen molar-refractivity contribution in [2.75, 3.05) is 5.75 Å². The Kier molecular flexibility index (Phi) is 6.87. The molecule has 4 rings (SSSR count). The first-order chi connectivity index (χ1) is 15.1. The molecule has 0 aliphatic rings. The standard InChI is InChI=1S/C23H23BrN4O2S/c1-2-3-14-27-21(30)18-7-4-5-8-19(18)28-22(27)25-26-23(28)31-15-6-9-20(29)16-10-12-17(24)13-11-16/h4-5,7-8,10-13H,2-3,6,9,14-15H2,1H3. The van der Waals surface area contributed by atoms with Crippen molar-refractivity contribution < 1.29 is 4.79 Å². The lowest BCUT2D eigenvalue weighted by atomic mass is 10.1. The van der Waals surface area contributed by atoms with Crippen LogP contribution in [0.25, 0.3) is 16.7 Å². The number of fused-ring (bicyclic) bond motifs is 3. The highest BCUT2D eigenvalue weighted by Gasteiger charge is 2.16. The van der Waals surface area contributed by atoms with Crippen LogP contribution in [-0.2, 0) is 6.54 Å². The lowest BCUT2D eigenvalue weighted by Crippen LogP contribution is -2.23. The summed E-state index contributed by atoms with van der Waals surface area (Å²) in [5.74, 6) is 1.45. The molecule has 160 valence electrons. The van der Waals surface area contributed by atoms with Gasteiger partial charge >= 0.3 is 0 Å². The van der Waals surface area contributed by atoms with Gasteiger partial charge in [-0.15, -0.1) is 10.2 Å². The van der Waals surface area contributed by atoms with Crippen LogP contribution in [0.4, 0.5) is 0 Å². The summed E-state index contributed by atoms with van der Waals surface area (Å²) in [6.07, 6.45) is 3.12. The molecule has 0 atom stereocenters. The molecular formula is C23H23BrN4O2S. The molecule has 4 aromatic rings. The molecule has 2 aromatic carbocycles. The quantitative estimate of drug-likeness (QED) is 0.176. The second-order valence-corrected chi connectivity index (χ2v) is 9.31. The average molecular weight is 499 g/mol. The molecule has 0 saturated carbocycles. The smallest absolute Gasteiger partial charge is 0.262 e. The number of carbonyl (C=O) groups excluding carboxylic acids is 1. The molecule has 0 aliphatic carbocycles. The van der Waals surface area contributed by atoms with E-state index < -0.39 is 0 Å². The summed E-state index contributed by atoms with van der Waals surface area (Å²) in [6, 6.07) is 15.0. The number of nitrogens with zero attached hydrogens (tertiary/aromatic N) is 4. The number of rotatable bonds is 9. The molecule has 31 heavy (non-hydrogen) atoms. The monoisotopic (exact) mass is 498 g/mol. The van der Waals surface area contributed by atoms with Crippen molar-refractivity contribution in [3.63, 3.8) is 0 Å². The predicted molar refractivity (Wildman–Crippen MR) is 128 cm³/mol. The van der Waals surface area contributed by atoms with Gasteiger partial charge in [0.15, 0.2) is 10.9 Å². The number of ketones is 1. The van der Waals surface area contributed by atoms with Crippen LogP contribution in [0.3, 0.4) is 0 Å².